The molecule has 0 radical (unpaired) electrons. The van der Waals surface area contributed by atoms with Crippen molar-refractivity contribution in [2.75, 3.05) is 39.6 Å². The molecule has 2 rings (SSSR count). The van der Waals surface area contributed by atoms with Crippen molar-refractivity contribution in [3.8, 4) is 0 Å². The molecule has 132 valence electrons. The first-order valence-electron chi connectivity index (χ1n) is 9.10. The van der Waals surface area contributed by atoms with Crippen LogP contribution in [0.2, 0.25) is 0 Å². The zero-order chi connectivity index (χ0) is 16.2. The molecule has 0 aromatic rings. The lowest BCUT2D eigenvalue weighted by Gasteiger charge is -2.21. The minimum Gasteiger partial charge on any atom is -0.377 e. The van der Waals surface area contributed by atoms with E-state index in [9.17, 15) is 4.79 Å². The smallest absolute Gasteiger partial charge is 0.246 e. The number of carbonyl (C=O) groups is 1. The van der Waals surface area contributed by atoms with Gasteiger partial charge in [-0.1, -0.05) is 25.3 Å². The Hall–Kier alpha value is -0.910. The van der Waals surface area contributed by atoms with Crippen LogP contribution in [0.15, 0.2) is 11.6 Å². The van der Waals surface area contributed by atoms with Gasteiger partial charge in [-0.05, 0) is 32.1 Å². The molecule has 0 aromatic carbocycles. The standard InChI is InChI=1S/C18H31NO4/c20-18(16-6-4-5-7-16)19-10-11-21-12-13-22-14-15-23-17-8-2-1-3-9-17/h6,17H,1-5,7-15H2,(H,19,20). The molecule has 0 unspecified atom stereocenters. The number of hydrogen-bond acceptors (Lipinski definition) is 4. The summed E-state index contributed by atoms with van der Waals surface area (Å²) in [6.07, 6.45) is 11.9. The van der Waals surface area contributed by atoms with Gasteiger partial charge in [0.15, 0.2) is 0 Å². The van der Waals surface area contributed by atoms with E-state index in [0.717, 1.165) is 24.8 Å². The predicted molar refractivity (Wildman–Crippen MR) is 89.4 cm³/mol. The SMILES string of the molecule is O=C(NCCOCCOCCOC1CCCCC1)C1=CCCC1. The molecular weight excluding hydrogens is 294 g/mol. The van der Waals surface area contributed by atoms with Crippen LogP contribution in [-0.4, -0.2) is 51.6 Å². The van der Waals surface area contributed by atoms with Gasteiger partial charge in [0, 0.05) is 12.1 Å². The monoisotopic (exact) mass is 325 g/mol. The number of ether oxygens (including phenoxy) is 3. The van der Waals surface area contributed by atoms with Crippen LogP contribution in [0.5, 0.6) is 0 Å². The summed E-state index contributed by atoms with van der Waals surface area (Å²) in [6, 6.07) is 0. The molecule has 1 amide bonds. The molecule has 1 saturated carbocycles. The Morgan fingerprint density at radius 3 is 2.48 bits per heavy atom. The molecule has 0 spiro atoms. The molecule has 1 fully saturated rings. The second-order valence-corrected chi connectivity index (χ2v) is 6.23. The van der Waals surface area contributed by atoms with Crippen LogP contribution in [0.25, 0.3) is 0 Å². The maximum Gasteiger partial charge on any atom is 0.246 e. The van der Waals surface area contributed by atoms with Gasteiger partial charge in [-0.15, -0.1) is 0 Å². The highest BCUT2D eigenvalue weighted by Crippen LogP contribution is 2.20. The Kier molecular flexibility index (Phi) is 9.29. The molecule has 0 heterocycles. The summed E-state index contributed by atoms with van der Waals surface area (Å²) in [7, 11) is 0. The van der Waals surface area contributed by atoms with Gasteiger partial charge in [0.1, 0.15) is 0 Å². The Labute approximate surface area is 139 Å². The third-order valence-electron chi connectivity index (χ3n) is 4.37. The van der Waals surface area contributed by atoms with Crippen molar-refractivity contribution >= 4 is 5.91 Å². The summed E-state index contributed by atoms with van der Waals surface area (Å²) in [5.74, 6) is 0.0576. The molecule has 1 N–H and O–H groups in total. The van der Waals surface area contributed by atoms with Crippen LogP contribution in [0, 0.1) is 0 Å². The summed E-state index contributed by atoms with van der Waals surface area (Å²) in [4.78, 5) is 11.7. The fraction of sp³-hybridized carbons (Fsp3) is 0.833. The van der Waals surface area contributed by atoms with Gasteiger partial charge in [-0.2, -0.15) is 0 Å². The third-order valence-corrected chi connectivity index (χ3v) is 4.37. The van der Waals surface area contributed by atoms with Gasteiger partial charge in [-0.25, -0.2) is 0 Å². The average Bonchev–Trinajstić information content (AvgIpc) is 3.12. The van der Waals surface area contributed by atoms with E-state index < -0.39 is 0 Å². The summed E-state index contributed by atoms with van der Waals surface area (Å²) in [5, 5.41) is 2.88. The van der Waals surface area contributed by atoms with Gasteiger partial charge in [0.05, 0.1) is 39.1 Å². The molecule has 0 atom stereocenters. The van der Waals surface area contributed by atoms with Crippen molar-refractivity contribution in [2.24, 2.45) is 0 Å². The van der Waals surface area contributed by atoms with Crippen molar-refractivity contribution in [1.29, 1.82) is 0 Å². The minimum atomic E-state index is 0.0576. The van der Waals surface area contributed by atoms with Crippen LogP contribution in [0.4, 0.5) is 0 Å². The number of nitrogens with one attached hydrogen (secondary N) is 1. The lowest BCUT2D eigenvalue weighted by Crippen LogP contribution is -2.28. The summed E-state index contributed by atoms with van der Waals surface area (Å²) in [6.45, 7) is 3.53. The lowest BCUT2D eigenvalue weighted by atomic mass is 9.98. The first-order valence-corrected chi connectivity index (χ1v) is 9.10. The van der Waals surface area contributed by atoms with Crippen molar-refractivity contribution in [2.45, 2.75) is 57.5 Å². The molecule has 0 saturated heterocycles. The number of amides is 1. The summed E-state index contributed by atoms with van der Waals surface area (Å²) >= 11 is 0. The van der Waals surface area contributed by atoms with E-state index in [2.05, 4.69) is 5.32 Å². The van der Waals surface area contributed by atoms with Crippen LogP contribution >= 0.6 is 0 Å². The van der Waals surface area contributed by atoms with E-state index in [-0.39, 0.29) is 5.91 Å². The molecule has 0 bridgehead atoms. The third kappa shape index (κ3) is 7.95. The van der Waals surface area contributed by atoms with E-state index in [1.54, 1.807) is 0 Å². The molecule has 5 heteroatoms. The van der Waals surface area contributed by atoms with E-state index in [1.165, 1.54) is 32.1 Å². The Morgan fingerprint density at radius 2 is 1.74 bits per heavy atom. The van der Waals surface area contributed by atoms with Crippen LogP contribution in [0.3, 0.4) is 0 Å². The predicted octanol–water partition coefficient (Wildman–Crippen LogP) is 2.60. The molecule has 0 aromatic heterocycles. The highest BCUT2D eigenvalue weighted by atomic mass is 16.5. The van der Waals surface area contributed by atoms with Crippen molar-refractivity contribution in [1.82, 2.24) is 5.32 Å². The maximum absolute atomic E-state index is 11.7. The zero-order valence-corrected chi connectivity index (χ0v) is 14.2. The van der Waals surface area contributed by atoms with Gasteiger partial charge >= 0.3 is 0 Å². The number of hydrogen-bond donors (Lipinski definition) is 1. The first kappa shape index (κ1) is 18.4. The van der Waals surface area contributed by atoms with Gasteiger partial charge < -0.3 is 19.5 Å². The highest BCUT2D eigenvalue weighted by molar-refractivity contribution is 5.93. The fourth-order valence-corrected chi connectivity index (χ4v) is 3.05. The van der Waals surface area contributed by atoms with Crippen molar-refractivity contribution in [3.05, 3.63) is 11.6 Å². The van der Waals surface area contributed by atoms with E-state index in [1.807, 2.05) is 6.08 Å². The van der Waals surface area contributed by atoms with Gasteiger partial charge in [0.2, 0.25) is 5.91 Å². The fourth-order valence-electron chi connectivity index (χ4n) is 3.05. The molecule has 2 aliphatic rings. The van der Waals surface area contributed by atoms with Crippen molar-refractivity contribution < 1.29 is 19.0 Å². The number of carbonyl (C=O) groups excluding carboxylic acids is 1. The summed E-state index contributed by atoms with van der Waals surface area (Å²) in [5.41, 5.74) is 0.922. The average molecular weight is 325 g/mol. The maximum atomic E-state index is 11.7. The number of rotatable bonds is 11. The summed E-state index contributed by atoms with van der Waals surface area (Å²) < 4.78 is 16.7. The van der Waals surface area contributed by atoms with Crippen LogP contribution in [-0.2, 0) is 19.0 Å². The largest absolute Gasteiger partial charge is 0.377 e. The molecule has 5 nitrogen and oxygen atoms in total. The second kappa shape index (κ2) is 11.6. The topological polar surface area (TPSA) is 56.8 Å². The highest BCUT2D eigenvalue weighted by Gasteiger charge is 2.13. The first-order chi connectivity index (χ1) is 11.4. The Morgan fingerprint density at radius 1 is 1.00 bits per heavy atom. The molecular formula is C18H31NO4. The normalized spacial score (nSPS) is 18.9. The van der Waals surface area contributed by atoms with Gasteiger partial charge in [0.25, 0.3) is 0 Å². The van der Waals surface area contributed by atoms with E-state index in [0.29, 0.717) is 45.7 Å². The molecule has 23 heavy (non-hydrogen) atoms. The van der Waals surface area contributed by atoms with E-state index in [4.69, 9.17) is 14.2 Å². The quantitative estimate of drug-likeness (QED) is 0.593. The van der Waals surface area contributed by atoms with Gasteiger partial charge in [-0.3, -0.25) is 4.79 Å². The number of allylic oxidation sites excluding steroid dienone is 1. The van der Waals surface area contributed by atoms with Crippen LogP contribution < -0.4 is 5.32 Å². The van der Waals surface area contributed by atoms with Crippen molar-refractivity contribution in [3.63, 3.8) is 0 Å². The molecule has 0 aliphatic heterocycles. The Bertz CT molecular complexity index is 364. The minimum absolute atomic E-state index is 0.0576. The van der Waals surface area contributed by atoms with E-state index >= 15 is 0 Å². The lowest BCUT2D eigenvalue weighted by molar-refractivity contribution is -0.117. The molecule has 2 aliphatic carbocycles. The second-order valence-electron chi connectivity index (χ2n) is 6.23. The Balaban J connectivity index is 1.32. The van der Waals surface area contributed by atoms with Crippen LogP contribution in [0.1, 0.15) is 51.4 Å². The zero-order valence-electron chi connectivity index (χ0n) is 14.2.